The summed E-state index contributed by atoms with van der Waals surface area (Å²) < 4.78 is 69.6. The van der Waals surface area contributed by atoms with Crippen LogP contribution in [0.2, 0.25) is 0 Å². The summed E-state index contributed by atoms with van der Waals surface area (Å²) in [5.41, 5.74) is -0.477. The lowest BCUT2D eigenvalue weighted by Crippen LogP contribution is -2.24. The SMILES string of the molecule is C=CC(=O)OCCOCCOCCOCCOCCOCCOCCOCCOCCOCCOCCOCCC(=O)OC(C)(C)C. The Morgan fingerprint density at radius 3 is 0.894 bits per heavy atom. The van der Waals surface area contributed by atoms with E-state index < -0.39 is 11.6 Å². The van der Waals surface area contributed by atoms with Crippen LogP contribution in [-0.4, -0.2) is 169 Å². The Hall–Kier alpha value is -1.76. The molecule has 0 fully saturated rings. The van der Waals surface area contributed by atoms with Crippen molar-refractivity contribution >= 4 is 11.9 Å². The summed E-state index contributed by atoms with van der Waals surface area (Å²) in [7, 11) is 0. The highest BCUT2D eigenvalue weighted by atomic mass is 16.6. The predicted molar refractivity (Wildman–Crippen MR) is 171 cm³/mol. The molecule has 0 aliphatic heterocycles. The molecule has 0 aromatic rings. The van der Waals surface area contributed by atoms with Crippen LogP contribution in [0.15, 0.2) is 12.7 Å². The summed E-state index contributed by atoms with van der Waals surface area (Å²) in [5, 5.41) is 0. The monoisotopic (exact) mass is 684 g/mol. The molecular formula is C32H60O15. The van der Waals surface area contributed by atoms with Crippen molar-refractivity contribution in [2.45, 2.75) is 32.8 Å². The Labute approximate surface area is 280 Å². The molecule has 0 amide bonds. The molecular weight excluding hydrogens is 624 g/mol. The van der Waals surface area contributed by atoms with Gasteiger partial charge in [-0.25, -0.2) is 4.79 Å². The van der Waals surface area contributed by atoms with E-state index in [9.17, 15) is 9.59 Å². The maximum absolute atomic E-state index is 11.6. The maximum atomic E-state index is 11.6. The normalized spacial score (nSPS) is 11.6. The topological polar surface area (TPSA) is 154 Å². The number of ether oxygens (including phenoxy) is 13. The number of carbonyl (C=O) groups is 2. The quantitative estimate of drug-likeness (QED) is 0.0529. The summed E-state index contributed by atoms with van der Waals surface area (Å²) in [5.74, 6) is -0.732. The van der Waals surface area contributed by atoms with Crippen molar-refractivity contribution in [2.24, 2.45) is 0 Å². The highest BCUT2D eigenvalue weighted by Crippen LogP contribution is 2.08. The van der Waals surface area contributed by atoms with Crippen LogP contribution in [0.1, 0.15) is 27.2 Å². The van der Waals surface area contributed by atoms with E-state index in [0.29, 0.717) is 145 Å². The van der Waals surface area contributed by atoms with Crippen molar-refractivity contribution in [1.29, 1.82) is 0 Å². The molecule has 0 spiro atoms. The molecule has 0 aliphatic rings. The lowest BCUT2D eigenvalue weighted by Gasteiger charge is -2.19. The van der Waals surface area contributed by atoms with Gasteiger partial charge in [-0.1, -0.05) is 6.58 Å². The minimum Gasteiger partial charge on any atom is -0.460 e. The molecule has 47 heavy (non-hydrogen) atoms. The molecule has 0 saturated carbocycles. The third-order valence-electron chi connectivity index (χ3n) is 5.23. The minimum atomic E-state index is -0.477. The van der Waals surface area contributed by atoms with E-state index in [0.717, 1.165) is 6.08 Å². The first-order valence-electron chi connectivity index (χ1n) is 16.2. The fourth-order valence-electron chi connectivity index (χ4n) is 3.11. The van der Waals surface area contributed by atoms with Crippen LogP contribution in [0, 0.1) is 0 Å². The molecule has 0 radical (unpaired) electrons. The van der Waals surface area contributed by atoms with Gasteiger partial charge in [0.1, 0.15) is 12.2 Å². The first kappa shape index (κ1) is 45.2. The van der Waals surface area contributed by atoms with Crippen LogP contribution in [0.3, 0.4) is 0 Å². The lowest BCUT2D eigenvalue weighted by molar-refractivity contribution is -0.156. The third kappa shape index (κ3) is 40.3. The standard InChI is InChI=1S/C32H60O15/c1-5-30(33)46-29-28-45-27-26-44-25-24-43-23-22-42-21-20-41-19-18-40-17-16-39-15-14-38-13-12-37-11-10-36-9-8-35-7-6-31(34)47-32(2,3)4/h5H,1,6-29H2,2-4H3. The number of carbonyl (C=O) groups excluding carboxylic acids is 2. The van der Waals surface area contributed by atoms with E-state index in [-0.39, 0.29) is 19.0 Å². The van der Waals surface area contributed by atoms with Crippen LogP contribution in [0.5, 0.6) is 0 Å². The molecule has 0 atom stereocenters. The second-order valence-electron chi connectivity index (χ2n) is 10.4. The van der Waals surface area contributed by atoms with Gasteiger partial charge in [0.15, 0.2) is 0 Å². The van der Waals surface area contributed by atoms with Gasteiger partial charge in [-0.05, 0) is 20.8 Å². The summed E-state index contributed by atoms with van der Waals surface area (Å²) in [6.07, 6.45) is 1.34. The molecule has 0 aromatic heterocycles. The molecule has 0 bridgehead atoms. The molecule has 0 unspecified atom stereocenters. The van der Waals surface area contributed by atoms with Gasteiger partial charge in [-0.3, -0.25) is 4.79 Å². The minimum absolute atomic E-state index is 0.194. The van der Waals surface area contributed by atoms with E-state index in [1.54, 1.807) is 0 Å². The largest absolute Gasteiger partial charge is 0.460 e. The van der Waals surface area contributed by atoms with Crippen molar-refractivity contribution in [2.75, 3.05) is 152 Å². The molecule has 0 aliphatic carbocycles. The van der Waals surface area contributed by atoms with Crippen molar-refractivity contribution < 1.29 is 71.2 Å². The molecule has 0 saturated heterocycles. The van der Waals surface area contributed by atoms with Gasteiger partial charge >= 0.3 is 11.9 Å². The van der Waals surface area contributed by atoms with Crippen molar-refractivity contribution in [1.82, 2.24) is 0 Å². The van der Waals surface area contributed by atoms with Gasteiger partial charge in [0.2, 0.25) is 0 Å². The van der Waals surface area contributed by atoms with Crippen LogP contribution < -0.4 is 0 Å². The molecule has 15 nitrogen and oxygen atoms in total. The van der Waals surface area contributed by atoms with Crippen LogP contribution >= 0.6 is 0 Å². The van der Waals surface area contributed by atoms with Gasteiger partial charge in [-0.2, -0.15) is 0 Å². The fourth-order valence-corrected chi connectivity index (χ4v) is 3.11. The molecule has 0 heterocycles. The number of hydrogen-bond donors (Lipinski definition) is 0. The van der Waals surface area contributed by atoms with E-state index in [1.807, 2.05) is 20.8 Å². The lowest BCUT2D eigenvalue weighted by atomic mass is 10.2. The predicted octanol–water partition coefficient (Wildman–Crippen LogP) is 1.63. The van der Waals surface area contributed by atoms with Gasteiger partial charge in [0.25, 0.3) is 0 Å². The van der Waals surface area contributed by atoms with Crippen LogP contribution in [0.25, 0.3) is 0 Å². The van der Waals surface area contributed by atoms with E-state index in [1.165, 1.54) is 0 Å². The highest BCUT2D eigenvalue weighted by molar-refractivity contribution is 5.81. The fraction of sp³-hybridized carbons (Fsp3) is 0.875. The first-order valence-corrected chi connectivity index (χ1v) is 16.2. The van der Waals surface area contributed by atoms with Gasteiger partial charge in [0, 0.05) is 6.08 Å². The van der Waals surface area contributed by atoms with Crippen LogP contribution in [-0.2, 0) is 71.2 Å². The van der Waals surface area contributed by atoms with E-state index >= 15 is 0 Å². The summed E-state index contributed by atoms with van der Waals surface area (Å²) in [6, 6.07) is 0. The zero-order valence-corrected chi connectivity index (χ0v) is 28.9. The summed E-state index contributed by atoms with van der Waals surface area (Å²) in [6.45, 7) is 19.0. The highest BCUT2D eigenvalue weighted by Gasteiger charge is 2.15. The zero-order valence-electron chi connectivity index (χ0n) is 28.9. The van der Waals surface area contributed by atoms with Crippen molar-refractivity contribution in [3.8, 4) is 0 Å². The molecule has 0 rings (SSSR count). The van der Waals surface area contributed by atoms with Gasteiger partial charge in [0.05, 0.1) is 152 Å². The zero-order chi connectivity index (χ0) is 34.5. The Kier molecular flexibility index (Phi) is 34.2. The molecule has 278 valence electrons. The number of esters is 2. The van der Waals surface area contributed by atoms with Crippen molar-refractivity contribution in [3.05, 3.63) is 12.7 Å². The average Bonchev–Trinajstić information content (AvgIpc) is 3.03. The number of rotatable bonds is 37. The smallest absolute Gasteiger partial charge is 0.330 e. The third-order valence-corrected chi connectivity index (χ3v) is 5.23. The summed E-state index contributed by atoms with van der Waals surface area (Å²) >= 11 is 0. The second-order valence-corrected chi connectivity index (χ2v) is 10.4. The first-order chi connectivity index (χ1) is 22.8. The second kappa shape index (κ2) is 35.5. The average molecular weight is 685 g/mol. The van der Waals surface area contributed by atoms with Gasteiger partial charge < -0.3 is 61.6 Å². The van der Waals surface area contributed by atoms with E-state index in [4.69, 9.17) is 61.6 Å². The van der Waals surface area contributed by atoms with Gasteiger partial charge in [-0.15, -0.1) is 0 Å². The molecule has 0 N–H and O–H groups in total. The Balaban J connectivity index is 3.11. The maximum Gasteiger partial charge on any atom is 0.330 e. The number of hydrogen-bond acceptors (Lipinski definition) is 15. The summed E-state index contributed by atoms with van der Waals surface area (Å²) in [4.78, 5) is 22.4. The van der Waals surface area contributed by atoms with Crippen molar-refractivity contribution in [3.63, 3.8) is 0 Å². The Bertz CT molecular complexity index is 702. The molecule has 0 aromatic carbocycles. The Morgan fingerprint density at radius 1 is 0.426 bits per heavy atom. The Morgan fingerprint density at radius 2 is 0.660 bits per heavy atom. The van der Waals surface area contributed by atoms with E-state index in [2.05, 4.69) is 6.58 Å². The van der Waals surface area contributed by atoms with Crippen LogP contribution in [0.4, 0.5) is 0 Å². The molecule has 15 heteroatoms.